The molecule has 3 aromatic rings. The van der Waals surface area contributed by atoms with Crippen LogP contribution in [0.4, 0.5) is 5.69 Å². The number of amides is 2. The lowest BCUT2D eigenvalue weighted by Crippen LogP contribution is -2.33. The minimum atomic E-state index is -0.423. The Balaban J connectivity index is 1.48. The van der Waals surface area contributed by atoms with E-state index < -0.39 is 11.8 Å². The highest BCUT2D eigenvalue weighted by molar-refractivity contribution is 6.31. The minimum absolute atomic E-state index is 0.153. The molecular weight excluding hydrogens is 474 g/mol. The van der Waals surface area contributed by atoms with Crippen molar-refractivity contribution in [1.29, 1.82) is 0 Å². The van der Waals surface area contributed by atoms with E-state index >= 15 is 0 Å². The van der Waals surface area contributed by atoms with Crippen LogP contribution in [0, 0.1) is 23.7 Å². The first-order valence-electron chi connectivity index (χ1n) is 11.9. The van der Waals surface area contributed by atoms with Gasteiger partial charge in [0.1, 0.15) is 11.5 Å². The standard InChI is InChI=1S/C30H24ClNO4/c1-35-21-10-6-17(7-11-21)25(18-8-12-22(36-2)13-9-18)26-23-14-15-24(26)28-27(23)29(33)32(30(28)34)20-5-3-4-19(31)16-20/h3-16,23-24,27-28H,1-2H3/t23-,24-,27-,28-/m1/s1. The van der Waals surface area contributed by atoms with Crippen LogP contribution < -0.4 is 14.4 Å². The molecule has 2 aliphatic carbocycles. The number of rotatable bonds is 5. The first-order chi connectivity index (χ1) is 17.5. The molecular formula is C30H24ClNO4. The summed E-state index contributed by atoms with van der Waals surface area (Å²) >= 11 is 6.17. The van der Waals surface area contributed by atoms with Crippen LogP contribution in [0.25, 0.3) is 5.57 Å². The van der Waals surface area contributed by atoms with E-state index in [2.05, 4.69) is 12.2 Å². The normalized spacial score (nSPS) is 23.9. The number of imide groups is 1. The molecule has 6 heteroatoms. The van der Waals surface area contributed by atoms with Crippen LogP contribution in [0.5, 0.6) is 11.5 Å². The molecule has 2 bridgehead atoms. The first kappa shape index (κ1) is 22.6. The molecule has 36 heavy (non-hydrogen) atoms. The van der Waals surface area contributed by atoms with Crippen molar-refractivity contribution in [2.24, 2.45) is 23.7 Å². The molecule has 3 aliphatic rings. The Morgan fingerprint density at radius 2 is 1.25 bits per heavy atom. The SMILES string of the molecule is COc1ccc(C(=C2[C@H]3C=C[C@H]2[C@H]2C(=O)N(c4cccc(Cl)c4)C(=O)[C@@H]23)c2ccc(OC)cc2)cc1. The predicted octanol–water partition coefficient (Wildman–Crippen LogP) is 5.78. The van der Waals surface area contributed by atoms with Crippen molar-refractivity contribution in [3.05, 3.63) is 107 Å². The number of fused-ring (bicyclic) bond motifs is 5. The first-order valence-corrected chi connectivity index (χ1v) is 12.2. The summed E-state index contributed by atoms with van der Waals surface area (Å²) in [6, 6.07) is 22.8. The van der Waals surface area contributed by atoms with Gasteiger partial charge in [0.15, 0.2) is 0 Å². The number of methoxy groups -OCH3 is 2. The van der Waals surface area contributed by atoms with Crippen molar-refractivity contribution in [3.63, 3.8) is 0 Å². The van der Waals surface area contributed by atoms with E-state index in [4.69, 9.17) is 21.1 Å². The maximum atomic E-state index is 13.7. The molecule has 5 nitrogen and oxygen atoms in total. The number of benzene rings is 3. The summed E-state index contributed by atoms with van der Waals surface area (Å²) in [7, 11) is 3.28. The van der Waals surface area contributed by atoms with Gasteiger partial charge < -0.3 is 9.47 Å². The molecule has 6 rings (SSSR count). The fourth-order valence-electron chi connectivity index (χ4n) is 5.98. The topological polar surface area (TPSA) is 55.8 Å². The fraction of sp³-hybridized carbons (Fsp3) is 0.200. The largest absolute Gasteiger partial charge is 0.497 e. The van der Waals surface area contributed by atoms with Gasteiger partial charge in [-0.25, -0.2) is 4.90 Å². The van der Waals surface area contributed by atoms with Crippen LogP contribution in [0.2, 0.25) is 5.02 Å². The lowest BCUT2D eigenvalue weighted by molar-refractivity contribution is -0.122. The number of hydrogen-bond acceptors (Lipinski definition) is 4. The number of carbonyl (C=O) groups is 2. The molecule has 0 radical (unpaired) electrons. The predicted molar refractivity (Wildman–Crippen MR) is 139 cm³/mol. The lowest BCUT2D eigenvalue weighted by Gasteiger charge is -2.22. The molecule has 2 amide bonds. The van der Waals surface area contributed by atoms with E-state index in [9.17, 15) is 9.59 Å². The molecule has 1 saturated carbocycles. The third kappa shape index (κ3) is 3.38. The average molecular weight is 498 g/mol. The van der Waals surface area contributed by atoms with Gasteiger partial charge in [0.05, 0.1) is 31.7 Å². The summed E-state index contributed by atoms with van der Waals surface area (Å²) in [4.78, 5) is 28.7. The minimum Gasteiger partial charge on any atom is -0.497 e. The number of nitrogens with zero attached hydrogens (tertiary/aromatic N) is 1. The second-order valence-corrected chi connectivity index (χ2v) is 9.70. The second-order valence-electron chi connectivity index (χ2n) is 9.27. The third-order valence-corrected chi connectivity index (χ3v) is 7.76. The Kier molecular flexibility index (Phi) is 5.45. The number of ether oxygens (including phenoxy) is 2. The van der Waals surface area contributed by atoms with Crippen LogP contribution in [0.15, 0.2) is 90.5 Å². The number of anilines is 1. The Hall–Kier alpha value is -3.83. The molecule has 0 spiro atoms. The summed E-state index contributed by atoms with van der Waals surface area (Å²) in [6.45, 7) is 0. The maximum Gasteiger partial charge on any atom is 0.238 e. The van der Waals surface area contributed by atoms with Gasteiger partial charge in [0, 0.05) is 16.9 Å². The van der Waals surface area contributed by atoms with Gasteiger partial charge in [0.25, 0.3) is 0 Å². The molecule has 1 saturated heterocycles. The van der Waals surface area contributed by atoms with Gasteiger partial charge in [-0.1, -0.05) is 54.1 Å². The van der Waals surface area contributed by atoms with Gasteiger partial charge in [-0.05, 0) is 64.7 Å². The maximum absolute atomic E-state index is 13.7. The van der Waals surface area contributed by atoms with Crippen molar-refractivity contribution in [1.82, 2.24) is 0 Å². The van der Waals surface area contributed by atoms with Crippen molar-refractivity contribution in [2.45, 2.75) is 0 Å². The Labute approximate surface area is 214 Å². The Morgan fingerprint density at radius 3 is 1.69 bits per heavy atom. The van der Waals surface area contributed by atoms with Crippen molar-refractivity contribution < 1.29 is 19.1 Å². The highest BCUT2D eigenvalue weighted by atomic mass is 35.5. The average Bonchev–Trinajstić information content (AvgIpc) is 3.54. The van der Waals surface area contributed by atoms with Crippen LogP contribution in [0.1, 0.15) is 11.1 Å². The van der Waals surface area contributed by atoms with E-state index in [-0.39, 0.29) is 23.7 Å². The smallest absolute Gasteiger partial charge is 0.238 e. The summed E-state index contributed by atoms with van der Waals surface area (Å²) in [5.41, 5.74) is 4.72. The highest BCUT2D eigenvalue weighted by Gasteiger charge is 2.62. The quantitative estimate of drug-likeness (QED) is 0.331. The zero-order valence-electron chi connectivity index (χ0n) is 19.9. The van der Waals surface area contributed by atoms with Crippen molar-refractivity contribution >= 4 is 34.7 Å². The third-order valence-electron chi connectivity index (χ3n) is 7.53. The zero-order chi connectivity index (χ0) is 25.0. The highest BCUT2D eigenvalue weighted by Crippen LogP contribution is 2.59. The second kappa shape index (κ2) is 8.68. The molecule has 0 aromatic heterocycles. The fourth-order valence-corrected chi connectivity index (χ4v) is 6.17. The Bertz CT molecular complexity index is 1340. The summed E-state index contributed by atoms with van der Waals surface area (Å²) < 4.78 is 10.7. The van der Waals surface area contributed by atoms with E-state index in [0.717, 1.165) is 33.8 Å². The van der Waals surface area contributed by atoms with Crippen LogP contribution in [0.3, 0.4) is 0 Å². The number of allylic oxidation sites excluding steroid dienone is 3. The number of carbonyl (C=O) groups excluding carboxylic acids is 2. The molecule has 0 unspecified atom stereocenters. The van der Waals surface area contributed by atoms with E-state index in [1.807, 2.05) is 48.5 Å². The van der Waals surface area contributed by atoms with Crippen LogP contribution >= 0.6 is 11.6 Å². The summed E-state index contributed by atoms with van der Waals surface area (Å²) in [6.07, 6.45) is 4.20. The lowest BCUT2D eigenvalue weighted by atomic mass is 9.85. The summed E-state index contributed by atoms with van der Waals surface area (Å²) in [5, 5.41) is 0.494. The molecule has 180 valence electrons. The van der Waals surface area contributed by atoms with Gasteiger partial charge >= 0.3 is 0 Å². The van der Waals surface area contributed by atoms with E-state index in [0.29, 0.717) is 10.7 Å². The zero-order valence-corrected chi connectivity index (χ0v) is 20.6. The Morgan fingerprint density at radius 1 is 0.750 bits per heavy atom. The van der Waals surface area contributed by atoms with Gasteiger partial charge in [-0.2, -0.15) is 0 Å². The molecule has 0 N–H and O–H groups in total. The molecule has 4 atom stereocenters. The molecule has 1 aliphatic heterocycles. The number of hydrogen-bond donors (Lipinski definition) is 0. The van der Waals surface area contributed by atoms with E-state index in [1.54, 1.807) is 38.5 Å². The van der Waals surface area contributed by atoms with Crippen LogP contribution in [-0.4, -0.2) is 26.0 Å². The summed E-state index contributed by atoms with van der Waals surface area (Å²) in [5.74, 6) is 0.0611. The van der Waals surface area contributed by atoms with E-state index in [1.165, 1.54) is 4.90 Å². The molecule has 3 aromatic carbocycles. The monoisotopic (exact) mass is 497 g/mol. The van der Waals surface area contributed by atoms with Gasteiger partial charge in [0.2, 0.25) is 11.8 Å². The van der Waals surface area contributed by atoms with Crippen molar-refractivity contribution in [2.75, 3.05) is 19.1 Å². The molecule has 2 fully saturated rings. The molecule has 1 heterocycles. The van der Waals surface area contributed by atoms with Gasteiger partial charge in [-0.15, -0.1) is 0 Å². The van der Waals surface area contributed by atoms with Crippen LogP contribution in [-0.2, 0) is 9.59 Å². The van der Waals surface area contributed by atoms with Gasteiger partial charge in [-0.3, -0.25) is 9.59 Å². The number of halogens is 1. The van der Waals surface area contributed by atoms with Crippen molar-refractivity contribution in [3.8, 4) is 11.5 Å².